The largest absolute Gasteiger partial charge is 0.388 e. The Balaban J connectivity index is 1.95. The van der Waals surface area contributed by atoms with Crippen molar-refractivity contribution in [2.45, 2.75) is 24.5 Å². The minimum Gasteiger partial charge on any atom is -0.388 e. The predicted octanol–water partition coefficient (Wildman–Crippen LogP) is 3.52. The number of aromatic nitrogens is 3. The molecule has 3 rings (SSSR count). The van der Waals surface area contributed by atoms with Crippen LogP contribution in [0.25, 0.3) is 0 Å². The van der Waals surface area contributed by atoms with E-state index in [1.807, 2.05) is 30.3 Å². The summed E-state index contributed by atoms with van der Waals surface area (Å²) < 4.78 is 1.62. The second-order valence-electron chi connectivity index (χ2n) is 5.92. The molecular weight excluding hydrogens is 336 g/mol. The zero-order chi connectivity index (χ0) is 17.7. The normalized spacial score (nSPS) is 14.4. The van der Waals surface area contributed by atoms with Gasteiger partial charge in [-0.05, 0) is 23.3 Å². The molecule has 6 heteroatoms. The van der Waals surface area contributed by atoms with Crippen LogP contribution in [0.15, 0.2) is 67.3 Å². The molecule has 0 aliphatic carbocycles. The van der Waals surface area contributed by atoms with Crippen LogP contribution in [-0.2, 0) is 12.0 Å². The summed E-state index contributed by atoms with van der Waals surface area (Å²) in [7, 11) is 0. The lowest BCUT2D eigenvalue weighted by Gasteiger charge is -2.29. The highest BCUT2D eigenvalue weighted by Gasteiger charge is 2.36. The van der Waals surface area contributed by atoms with Gasteiger partial charge in [-0.2, -0.15) is 10.4 Å². The van der Waals surface area contributed by atoms with E-state index >= 15 is 0 Å². The van der Waals surface area contributed by atoms with Crippen LogP contribution in [0.1, 0.15) is 23.7 Å². The van der Waals surface area contributed by atoms with Crippen LogP contribution < -0.4 is 0 Å². The Morgan fingerprint density at radius 2 is 1.88 bits per heavy atom. The van der Waals surface area contributed by atoms with Crippen molar-refractivity contribution in [2.24, 2.45) is 0 Å². The van der Waals surface area contributed by atoms with E-state index in [1.54, 1.807) is 35.3 Å². The molecule has 3 aromatic rings. The first kappa shape index (κ1) is 17.2. The molecule has 0 saturated carbocycles. The van der Waals surface area contributed by atoms with Gasteiger partial charge in [-0.1, -0.05) is 54.1 Å². The molecule has 2 aromatic carbocycles. The highest BCUT2D eigenvalue weighted by Crippen LogP contribution is 2.35. The molecule has 0 aliphatic heterocycles. The Morgan fingerprint density at radius 1 is 1.16 bits per heavy atom. The van der Waals surface area contributed by atoms with Gasteiger partial charge in [0.15, 0.2) is 0 Å². The van der Waals surface area contributed by atoms with Crippen molar-refractivity contribution in [1.29, 1.82) is 5.26 Å². The second kappa shape index (κ2) is 7.47. The van der Waals surface area contributed by atoms with E-state index in [0.717, 1.165) is 11.1 Å². The first-order chi connectivity index (χ1) is 12.1. The molecule has 25 heavy (non-hydrogen) atoms. The number of nitriles is 1. The maximum Gasteiger partial charge on any atom is 0.137 e. The van der Waals surface area contributed by atoms with Gasteiger partial charge in [0.2, 0.25) is 0 Å². The van der Waals surface area contributed by atoms with E-state index in [0.29, 0.717) is 11.6 Å². The van der Waals surface area contributed by atoms with E-state index in [9.17, 15) is 10.4 Å². The van der Waals surface area contributed by atoms with Crippen LogP contribution in [0.2, 0.25) is 5.02 Å². The molecule has 0 bridgehead atoms. The summed E-state index contributed by atoms with van der Waals surface area (Å²) in [5.74, 6) is 0. The number of hydrogen-bond acceptors (Lipinski definition) is 4. The van der Waals surface area contributed by atoms with Crippen LogP contribution in [0.4, 0.5) is 0 Å². The number of rotatable bonds is 6. The summed E-state index contributed by atoms with van der Waals surface area (Å²) >= 11 is 5.91. The number of nitrogens with zero attached hydrogens (tertiary/aromatic N) is 4. The summed E-state index contributed by atoms with van der Waals surface area (Å²) in [5, 5.41) is 25.5. The van der Waals surface area contributed by atoms with E-state index in [1.165, 1.54) is 6.33 Å². The van der Waals surface area contributed by atoms with Crippen LogP contribution >= 0.6 is 11.6 Å². The average molecular weight is 353 g/mol. The van der Waals surface area contributed by atoms with Gasteiger partial charge in [0.1, 0.15) is 18.1 Å². The smallest absolute Gasteiger partial charge is 0.137 e. The molecule has 126 valence electrons. The number of aliphatic hydroxyl groups excluding tert-OH is 1. The molecule has 2 unspecified atom stereocenters. The SMILES string of the molecule is N#CC(CC(O)c1ccc(Cl)cc1)(Cn1cncn1)c1ccccc1. The monoisotopic (exact) mass is 352 g/mol. The molecule has 0 fully saturated rings. The molecule has 0 radical (unpaired) electrons. The highest BCUT2D eigenvalue weighted by atomic mass is 35.5. The number of halogens is 1. The van der Waals surface area contributed by atoms with Crippen molar-refractivity contribution in [3.8, 4) is 6.07 Å². The minimum absolute atomic E-state index is 0.231. The van der Waals surface area contributed by atoms with Gasteiger partial charge in [0.05, 0.1) is 18.7 Å². The van der Waals surface area contributed by atoms with Crippen LogP contribution in [0.3, 0.4) is 0 Å². The zero-order valence-electron chi connectivity index (χ0n) is 13.5. The molecule has 0 aliphatic rings. The lowest BCUT2D eigenvalue weighted by molar-refractivity contribution is 0.138. The minimum atomic E-state index is -0.936. The number of benzene rings is 2. The van der Waals surface area contributed by atoms with Crippen molar-refractivity contribution in [1.82, 2.24) is 14.8 Å². The van der Waals surface area contributed by atoms with Gasteiger partial charge >= 0.3 is 0 Å². The van der Waals surface area contributed by atoms with Gasteiger partial charge in [0.25, 0.3) is 0 Å². The fourth-order valence-electron chi connectivity index (χ4n) is 2.90. The molecule has 5 nitrogen and oxygen atoms in total. The third kappa shape index (κ3) is 3.87. The van der Waals surface area contributed by atoms with Crippen molar-refractivity contribution in [3.63, 3.8) is 0 Å². The summed E-state index contributed by atoms with van der Waals surface area (Å²) in [4.78, 5) is 3.95. The highest BCUT2D eigenvalue weighted by molar-refractivity contribution is 6.30. The van der Waals surface area contributed by atoms with E-state index in [2.05, 4.69) is 16.2 Å². The second-order valence-corrected chi connectivity index (χ2v) is 6.36. The summed E-state index contributed by atoms with van der Waals surface area (Å²) in [5.41, 5.74) is 0.619. The van der Waals surface area contributed by atoms with Gasteiger partial charge in [-0.15, -0.1) is 0 Å². The maximum atomic E-state index is 10.7. The number of hydrogen-bond donors (Lipinski definition) is 1. The van der Waals surface area contributed by atoms with Gasteiger partial charge in [0, 0.05) is 11.4 Å². The molecule has 0 amide bonds. The molecule has 1 N–H and O–H groups in total. The van der Waals surface area contributed by atoms with Crippen LogP contribution in [0.5, 0.6) is 0 Å². The Morgan fingerprint density at radius 3 is 2.48 bits per heavy atom. The average Bonchev–Trinajstić information content (AvgIpc) is 3.15. The molecule has 1 aromatic heterocycles. The zero-order valence-corrected chi connectivity index (χ0v) is 14.2. The Kier molecular flexibility index (Phi) is 5.13. The molecule has 0 saturated heterocycles. The Bertz CT molecular complexity index is 843. The Labute approximate surface area is 151 Å². The fourth-order valence-corrected chi connectivity index (χ4v) is 3.03. The summed E-state index contributed by atoms with van der Waals surface area (Å²) in [6.07, 6.45) is 2.43. The van der Waals surface area contributed by atoms with Crippen LogP contribution in [-0.4, -0.2) is 19.9 Å². The maximum absolute atomic E-state index is 10.7. The van der Waals surface area contributed by atoms with E-state index in [-0.39, 0.29) is 6.42 Å². The van der Waals surface area contributed by atoms with Crippen molar-refractivity contribution >= 4 is 11.6 Å². The molecule has 1 heterocycles. The van der Waals surface area contributed by atoms with E-state index < -0.39 is 11.5 Å². The van der Waals surface area contributed by atoms with Gasteiger partial charge in [-0.25, -0.2) is 4.98 Å². The predicted molar refractivity (Wildman–Crippen MR) is 94.8 cm³/mol. The van der Waals surface area contributed by atoms with Crippen LogP contribution in [0, 0.1) is 11.3 Å². The molecule has 0 spiro atoms. The third-order valence-electron chi connectivity index (χ3n) is 4.24. The van der Waals surface area contributed by atoms with Gasteiger partial charge in [-0.3, -0.25) is 4.68 Å². The fraction of sp³-hybridized carbons (Fsp3) is 0.211. The lowest BCUT2D eigenvalue weighted by Crippen LogP contribution is -2.32. The first-order valence-corrected chi connectivity index (χ1v) is 8.23. The molecular formula is C19H17ClN4O. The lowest BCUT2D eigenvalue weighted by atomic mass is 9.76. The van der Waals surface area contributed by atoms with Crippen molar-refractivity contribution in [3.05, 3.63) is 83.4 Å². The van der Waals surface area contributed by atoms with Crippen molar-refractivity contribution < 1.29 is 5.11 Å². The molecule has 2 atom stereocenters. The van der Waals surface area contributed by atoms with Gasteiger partial charge < -0.3 is 5.11 Å². The van der Waals surface area contributed by atoms with Crippen molar-refractivity contribution in [2.75, 3.05) is 0 Å². The topological polar surface area (TPSA) is 74.7 Å². The first-order valence-electron chi connectivity index (χ1n) is 7.86. The number of aliphatic hydroxyl groups is 1. The summed E-state index contributed by atoms with van der Waals surface area (Å²) in [6.45, 7) is 0.304. The third-order valence-corrected chi connectivity index (χ3v) is 4.49. The van der Waals surface area contributed by atoms with E-state index in [4.69, 9.17) is 11.6 Å². The standard InChI is InChI=1S/C19H17ClN4O/c20-17-8-6-15(7-9-17)18(25)10-19(11-21,12-24-14-22-13-23-24)16-4-2-1-3-5-16/h1-9,13-14,18,25H,10,12H2. The Hall–Kier alpha value is -2.68. The quantitative estimate of drug-likeness (QED) is 0.736. The summed E-state index contributed by atoms with van der Waals surface area (Å²) in [6, 6.07) is 18.9.